The second kappa shape index (κ2) is 4.81. The smallest absolute Gasteiger partial charge is 0.449 e. The second-order valence-electron chi connectivity index (χ2n) is 4.39. The summed E-state index contributed by atoms with van der Waals surface area (Å²) in [5.41, 5.74) is 1.73. The number of benzene rings is 1. The maximum absolute atomic E-state index is 10.5. The Morgan fingerprint density at radius 1 is 1.32 bits per heavy atom. The zero-order chi connectivity index (χ0) is 13.2. The van der Waals surface area contributed by atoms with Crippen molar-refractivity contribution in [1.29, 1.82) is 0 Å². The fraction of sp³-hybridized carbons (Fsp3) is 0.308. The summed E-state index contributed by atoms with van der Waals surface area (Å²) in [5.74, 6) is -0.0000363. The molecule has 2 heterocycles. The number of hydrogen-bond donors (Lipinski definition) is 2. The lowest BCUT2D eigenvalue weighted by molar-refractivity contribution is 0.134. The summed E-state index contributed by atoms with van der Waals surface area (Å²) in [4.78, 5) is 12.7. The van der Waals surface area contributed by atoms with Gasteiger partial charge in [0.1, 0.15) is 5.58 Å². The number of piperazine rings is 1. The minimum atomic E-state index is -1.37. The first kappa shape index (κ1) is 11.9. The predicted octanol–water partition coefficient (Wildman–Crippen LogP) is 1.90. The topological polar surface area (TPSA) is 74.9 Å². The van der Waals surface area contributed by atoms with Gasteiger partial charge < -0.3 is 24.5 Å². The van der Waals surface area contributed by atoms with Crippen LogP contribution >= 0.6 is 0 Å². The van der Waals surface area contributed by atoms with Crippen molar-refractivity contribution in [3.05, 3.63) is 24.3 Å². The first-order valence-electron chi connectivity index (χ1n) is 6.12. The van der Waals surface area contributed by atoms with Gasteiger partial charge in [0.25, 0.3) is 5.95 Å². The molecule has 1 aliphatic heterocycles. The largest absolute Gasteiger partial charge is 0.513 e. The van der Waals surface area contributed by atoms with Gasteiger partial charge in [-0.2, -0.15) is 0 Å². The Labute approximate surface area is 109 Å². The van der Waals surface area contributed by atoms with Gasteiger partial charge in [0.15, 0.2) is 0 Å². The lowest BCUT2D eigenvalue weighted by Gasteiger charge is -2.29. The minimum Gasteiger partial charge on any atom is -0.449 e. The molecule has 6 heteroatoms. The van der Waals surface area contributed by atoms with E-state index in [1.54, 1.807) is 6.07 Å². The summed E-state index contributed by atoms with van der Waals surface area (Å²) in [6.45, 7) is 3.86. The van der Waals surface area contributed by atoms with Crippen LogP contribution in [-0.2, 0) is 0 Å². The number of nitrogens with one attached hydrogen (secondary N) is 1. The number of carboxylic acid groups (broad SMARTS) is 1. The summed E-state index contributed by atoms with van der Waals surface area (Å²) in [5, 5.41) is 12.7. The van der Waals surface area contributed by atoms with E-state index < -0.39 is 6.16 Å². The van der Waals surface area contributed by atoms with Crippen LogP contribution in [0, 0.1) is 0 Å². The molecule has 1 aliphatic rings. The number of rotatable bonds is 2. The molecule has 3 rings (SSSR count). The zero-order valence-corrected chi connectivity index (χ0v) is 10.3. The molecule has 19 heavy (non-hydrogen) atoms. The van der Waals surface area contributed by atoms with E-state index >= 15 is 0 Å². The van der Waals surface area contributed by atoms with Gasteiger partial charge in [0.05, 0.1) is 0 Å². The van der Waals surface area contributed by atoms with Crippen LogP contribution in [-0.4, -0.2) is 37.4 Å². The van der Waals surface area contributed by atoms with E-state index in [0.29, 0.717) is 5.58 Å². The number of ether oxygens (including phenoxy) is 1. The van der Waals surface area contributed by atoms with Crippen molar-refractivity contribution in [2.45, 2.75) is 0 Å². The van der Waals surface area contributed by atoms with Gasteiger partial charge in [-0.25, -0.2) is 4.79 Å². The average Bonchev–Trinajstić information content (AvgIpc) is 2.79. The highest BCUT2D eigenvalue weighted by Gasteiger charge is 2.13. The SMILES string of the molecule is O=C(O)Oc1cc2cc(N3CCNCC3)ccc2o1. The van der Waals surface area contributed by atoms with Crippen LogP contribution in [0.3, 0.4) is 0 Å². The van der Waals surface area contributed by atoms with Gasteiger partial charge >= 0.3 is 6.16 Å². The molecule has 100 valence electrons. The van der Waals surface area contributed by atoms with E-state index in [-0.39, 0.29) is 5.95 Å². The molecule has 0 amide bonds. The highest BCUT2D eigenvalue weighted by molar-refractivity contribution is 5.83. The first-order chi connectivity index (χ1) is 9.22. The van der Waals surface area contributed by atoms with Gasteiger partial charge in [0, 0.05) is 43.3 Å². The van der Waals surface area contributed by atoms with Crippen LogP contribution < -0.4 is 15.0 Å². The van der Waals surface area contributed by atoms with Gasteiger partial charge in [-0.3, -0.25) is 0 Å². The van der Waals surface area contributed by atoms with Crippen molar-refractivity contribution in [3.8, 4) is 5.95 Å². The molecule has 2 aromatic rings. The zero-order valence-electron chi connectivity index (χ0n) is 10.3. The van der Waals surface area contributed by atoms with E-state index in [2.05, 4.69) is 15.0 Å². The standard InChI is InChI=1S/C13H14N2O4/c16-13(17)19-12-8-9-7-10(1-2-11(9)18-12)15-5-3-14-4-6-15/h1-2,7-8,14H,3-6H2,(H,16,17). The van der Waals surface area contributed by atoms with Crippen LogP contribution in [0.2, 0.25) is 0 Å². The minimum absolute atomic E-state index is 0.0000363. The van der Waals surface area contributed by atoms with E-state index in [9.17, 15) is 4.79 Å². The lowest BCUT2D eigenvalue weighted by Crippen LogP contribution is -2.43. The van der Waals surface area contributed by atoms with E-state index in [0.717, 1.165) is 37.3 Å². The highest BCUT2D eigenvalue weighted by Crippen LogP contribution is 2.29. The number of carbonyl (C=O) groups is 1. The average molecular weight is 262 g/mol. The van der Waals surface area contributed by atoms with Crippen LogP contribution in [0.5, 0.6) is 5.95 Å². The van der Waals surface area contributed by atoms with E-state index in [4.69, 9.17) is 9.52 Å². The summed E-state index contributed by atoms with van der Waals surface area (Å²) in [6.07, 6.45) is -1.37. The van der Waals surface area contributed by atoms with Crippen LogP contribution in [0.25, 0.3) is 11.0 Å². The molecule has 0 bridgehead atoms. The lowest BCUT2D eigenvalue weighted by atomic mass is 10.2. The summed E-state index contributed by atoms with van der Waals surface area (Å²) in [6, 6.07) is 7.39. The Kier molecular flexibility index (Phi) is 3.00. The number of furan rings is 1. The number of hydrogen-bond acceptors (Lipinski definition) is 5. The van der Waals surface area contributed by atoms with Crippen LogP contribution in [0.1, 0.15) is 0 Å². The Balaban J connectivity index is 1.89. The number of nitrogens with zero attached hydrogens (tertiary/aromatic N) is 1. The maximum atomic E-state index is 10.5. The molecule has 6 nitrogen and oxygen atoms in total. The Morgan fingerprint density at radius 3 is 2.84 bits per heavy atom. The third kappa shape index (κ3) is 2.48. The second-order valence-corrected chi connectivity index (χ2v) is 4.39. The molecule has 1 saturated heterocycles. The molecular weight excluding hydrogens is 248 g/mol. The Bertz CT molecular complexity index is 602. The molecule has 1 aromatic carbocycles. The molecule has 0 radical (unpaired) electrons. The molecule has 0 spiro atoms. The number of fused-ring (bicyclic) bond motifs is 1. The number of anilines is 1. The molecule has 1 aromatic heterocycles. The van der Waals surface area contributed by atoms with Crippen molar-refractivity contribution >= 4 is 22.8 Å². The highest BCUT2D eigenvalue weighted by atomic mass is 16.7. The van der Waals surface area contributed by atoms with E-state index in [1.807, 2.05) is 18.2 Å². The summed E-state index contributed by atoms with van der Waals surface area (Å²) < 4.78 is 9.80. The van der Waals surface area contributed by atoms with Crippen molar-refractivity contribution in [1.82, 2.24) is 5.32 Å². The first-order valence-corrected chi connectivity index (χ1v) is 6.12. The van der Waals surface area contributed by atoms with Crippen molar-refractivity contribution in [2.24, 2.45) is 0 Å². The van der Waals surface area contributed by atoms with Gasteiger partial charge in [0.2, 0.25) is 0 Å². The normalized spacial score (nSPS) is 15.7. The van der Waals surface area contributed by atoms with Crippen molar-refractivity contribution in [3.63, 3.8) is 0 Å². The summed E-state index contributed by atoms with van der Waals surface area (Å²) in [7, 11) is 0. The quantitative estimate of drug-likeness (QED) is 0.805. The molecule has 0 saturated carbocycles. The fourth-order valence-electron chi connectivity index (χ4n) is 2.26. The van der Waals surface area contributed by atoms with Gasteiger partial charge in [-0.15, -0.1) is 0 Å². The fourth-order valence-corrected chi connectivity index (χ4v) is 2.26. The predicted molar refractivity (Wildman–Crippen MR) is 69.9 cm³/mol. The molecule has 1 fully saturated rings. The Hall–Kier alpha value is -2.21. The van der Waals surface area contributed by atoms with Gasteiger partial charge in [-0.1, -0.05) is 0 Å². The monoisotopic (exact) mass is 262 g/mol. The van der Waals surface area contributed by atoms with Crippen molar-refractivity contribution < 1.29 is 19.1 Å². The molecule has 2 N–H and O–H groups in total. The summed E-state index contributed by atoms with van der Waals surface area (Å²) >= 11 is 0. The third-order valence-electron chi connectivity index (χ3n) is 3.15. The van der Waals surface area contributed by atoms with Gasteiger partial charge in [-0.05, 0) is 18.2 Å². The molecule has 0 atom stereocenters. The molecular formula is C13H14N2O4. The Morgan fingerprint density at radius 2 is 2.11 bits per heavy atom. The van der Waals surface area contributed by atoms with Crippen LogP contribution in [0.4, 0.5) is 10.5 Å². The molecule has 0 unspecified atom stereocenters. The van der Waals surface area contributed by atoms with Crippen molar-refractivity contribution in [2.75, 3.05) is 31.1 Å². The maximum Gasteiger partial charge on any atom is 0.513 e. The molecule has 0 aliphatic carbocycles. The van der Waals surface area contributed by atoms with Crippen LogP contribution in [0.15, 0.2) is 28.7 Å². The third-order valence-corrected chi connectivity index (χ3v) is 3.15. The van der Waals surface area contributed by atoms with E-state index in [1.165, 1.54) is 0 Å².